The highest BCUT2D eigenvalue weighted by atomic mass is 16.5. The van der Waals surface area contributed by atoms with Crippen LogP contribution in [0.4, 0.5) is 11.4 Å². The Bertz CT molecular complexity index is 1620. The Morgan fingerprint density at radius 1 is 0.976 bits per heavy atom. The summed E-state index contributed by atoms with van der Waals surface area (Å²) in [5, 5.41) is 11.7. The Hall–Kier alpha value is -4.67. The summed E-state index contributed by atoms with van der Waals surface area (Å²) in [6.07, 6.45) is 0. The number of benzene rings is 3. The van der Waals surface area contributed by atoms with Gasteiger partial charge in [-0.15, -0.1) is 0 Å². The van der Waals surface area contributed by atoms with Gasteiger partial charge in [0, 0.05) is 55.4 Å². The number of nitrogens with zero attached hydrogens (tertiary/aromatic N) is 4. The molecule has 1 aromatic heterocycles. The highest BCUT2D eigenvalue weighted by Crippen LogP contribution is 2.33. The molecule has 4 aromatic rings. The van der Waals surface area contributed by atoms with Gasteiger partial charge in [-0.1, -0.05) is 12.1 Å². The normalized spacial score (nSPS) is 14.6. The highest BCUT2D eigenvalue weighted by Gasteiger charge is 2.22. The average molecular weight is 570 g/mol. The van der Waals surface area contributed by atoms with E-state index in [0.717, 1.165) is 31.9 Å². The number of methoxy groups -OCH3 is 2. The van der Waals surface area contributed by atoms with Crippen molar-refractivity contribution in [1.29, 1.82) is 0 Å². The topological polar surface area (TPSA) is 111 Å². The van der Waals surface area contributed by atoms with E-state index in [-0.39, 0.29) is 11.8 Å². The molecule has 0 saturated carbocycles. The molecule has 2 N–H and O–H groups in total. The first-order valence-electron chi connectivity index (χ1n) is 13.7. The molecule has 10 nitrogen and oxygen atoms in total. The fourth-order valence-electron chi connectivity index (χ4n) is 5.02. The molecule has 1 fully saturated rings. The van der Waals surface area contributed by atoms with Crippen molar-refractivity contribution < 1.29 is 24.2 Å². The molecule has 1 aliphatic rings. The minimum Gasteiger partial charge on any atom is -0.497 e. The summed E-state index contributed by atoms with van der Waals surface area (Å²) >= 11 is 0. The summed E-state index contributed by atoms with van der Waals surface area (Å²) < 4.78 is 10.4. The lowest BCUT2D eigenvalue weighted by Crippen LogP contribution is -2.48. The predicted octanol–water partition coefficient (Wildman–Crippen LogP) is 4.05. The molecule has 1 amide bonds. The number of aromatic amines is 1. The van der Waals surface area contributed by atoms with Gasteiger partial charge in [0.2, 0.25) is 5.91 Å². The fraction of sp³-hybridized carbons (Fsp3) is 0.281. The second-order valence-electron chi connectivity index (χ2n) is 10.3. The van der Waals surface area contributed by atoms with Crippen LogP contribution >= 0.6 is 0 Å². The van der Waals surface area contributed by atoms with Gasteiger partial charge in [0.05, 0.1) is 43.3 Å². The number of anilines is 1. The minimum atomic E-state index is -0.481. The van der Waals surface area contributed by atoms with Crippen molar-refractivity contribution in [2.24, 2.45) is 4.99 Å². The number of piperazine rings is 1. The third-order valence-corrected chi connectivity index (χ3v) is 7.59. The van der Waals surface area contributed by atoms with E-state index in [9.17, 15) is 14.7 Å². The van der Waals surface area contributed by atoms with Crippen molar-refractivity contribution in [3.63, 3.8) is 0 Å². The monoisotopic (exact) mass is 569 g/mol. The number of ether oxygens (including phenoxy) is 2. The summed E-state index contributed by atoms with van der Waals surface area (Å²) in [6, 6.07) is 19.8. The van der Waals surface area contributed by atoms with Crippen LogP contribution < -0.4 is 9.64 Å². The number of amides is 1. The lowest BCUT2D eigenvalue weighted by atomic mass is 9.99. The Labute approximate surface area is 244 Å². The number of fused-ring (bicyclic) bond motifs is 1. The van der Waals surface area contributed by atoms with E-state index in [2.05, 4.69) is 21.8 Å². The van der Waals surface area contributed by atoms with Gasteiger partial charge in [-0.25, -0.2) is 9.79 Å². The Morgan fingerprint density at radius 2 is 1.71 bits per heavy atom. The number of likely N-dealkylation sites (N-methyl/N-ethyl adjacent to an activating group) is 2. The number of rotatable bonds is 8. The smallest absolute Gasteiger partial charge is 0.337 e. The van der Waals surface area contributed by atoms with Crippen LogP contribution in [0.3, 0.4) is 0 Å². The van der Waals surface area contributed by atoms with Crippen molar-refractivity contribution in [2.75, 3.05) is 65.9 Å². The number of aromatic nitrogens is 1. The molecule has 2 heterocycles. The van der Waals surface area contributed by atoms with Crippen LogP contribution in [0.15, 0.2) is 71.7 Å². The van der Waals surface area contributed by atoms with Crippen LogP contribution in [0.2, 0.25) is 0 Å². The van der Waals surface area contributed by atoms with Gasteiger partial charge in [-0.05, 0) is 61.6 Å². The van der Waals surface area contributed by atoms with E-state index >= 15 is 0 Å². The largest absolute Gasteiger partial charge is 0.497 e. The van der Waals surface area contributed by atoms with Crippen LogP contribution in [-0.4, -0.2) is 98.5 Å². The van der Waals surface area contributed by atoms with Crippen LogP contribution in [0.25, 0.3) is 10.9 Å². The average Bonchev–Trinajstić information content (AvgIpc) is 3.35. The standard InChI is InChI=1S/C32H35N5O5/c1-35-14-16-37(17-15-35)20-28(38)36(2)24-11-9-23(10-12-24)33-30(21-6-5-7-25(18-21)41-3)29-26-19-22(32(40)42-4)8-13-27(26)34-31(29)39/h5-13,18-19,34,39H,14-17,20H2,1-4H3. The number of nitrogens with one attached hydrogen (secondary N) is 1. The molecule has 218 valence electrons. The van der Waals surface area contributed by atoms with E-state index in [0.29, 0.717) is 51.3 Å². The van der Waals surface area contributed by atoms with E-state index in [1.165, 1.54) is 7.11 Å². The van der Waals surface area contributed by atoms with E-state index in [1.807, 2.05) is 48.5 Å². The van der Waals surface area contributed by atoms with Crippen LogP contribution in [-0.2, 0) is 9.53 Å². The number of esters is 1. The molecule has 3 aromatic carbocycles. The third kappa shape index (κ3) is 6.14. The lowest BCUT2D eigenvalue weighted by Gasteiger charge is -2.32. The highest BCUT2D eigenvalue weighted by molar-refractivity contribution is 6.22. The van der Waals surface area contributed by atoms with Crippen molar-refractivity contribution in [1.82, 2.24) is 14.8 Å². The number of aliphatic imine (C=N–C) groups is 1. The maximum atomic E-state index is 13.0. The van der Waals surface area contributed by atoms with Gasteiger partial charge < -0.3 is 29.4 Å². The number of hydrogen-bond donors (Lipinski definition) is 2. The Morgan fingerprint density at radius 3 is 2.40 bits per heavy atom. The molecule has 10 heteroatoms. The summed E-state index contributed by atoms with van der Waals surface area (Å²) in [4.78, 5) is 39.3. The zero-order valence-corrected chi connectivity index (χ0v) is 24.3. The zero-order valence-electron chi connectivity index (χ0n) is 24.3. The molecule has 0 radical (unpaired) electrons. The van der Waals surface area contributed by atoms with Gasteiger partial charge >= 0.3 is 5.97 Å². The first-order valence-corrected chi connectivity index (χ1v) is 13.7. The predicted molar refractivity (Wildman–Crippen MR) is 163 cm³/mol. The van der Waals surface area contributed by atoms with Crippen LogP contribution in [0, 0.1) is 0 Å². The van der Waals surface area contributed by atoms with E-state index in [1.54, 1.807) is 37.3 Å². The summed E-state index contributed by atoms with van der Waals surface area (Å²) in [7, 11) is 6.78. The van der Waals surface area contributed by atoms with Gasteiger partial charge in [0.15, 0.2) is 5.88 Å². The summed E-state index contributed by atoms with van der Waals surface area (Å²) in [5.41, 5.74) is 3.99. The second-order valence-corrected chi connectivity index (χ2v) is 10.3. The zero-order chi connectivity index (χ0) is 29.8. The summed E-state index contributed by atoms with van der Waals surface area (Å²) in [6.45, 7) is 4.03. The first kappa shape index (κ1) is 28.8. The fourth-order valence-corrected chi connectivity index (χ4v) is 5.02. The Kier molecular flexibility index (Phi) is 8.56. The molecule has 0 atom stereocenters. The van der Waals surface area contributed by atoms with Crippen LogP contribution in [0.1, 0.15) is 21.5 Å². The molecule has 0 bridgehead atoms. The molecular weight excluding hydrogens is 534 g/mol. The lowest BCUT2D eigenvalue weighted by molar-refractivity contribution is -0.119. The van der Waals surface area contributed by atoms with Gasteiger partial charge in [-0.3, -0.25) is 9.69 Å². The molecule has 1 saturated heterocycles. The maximum Gasteiger partial charge on any atom is 0.337 e. The number of carbonyl (C=O) groups excluding carboxylic acids is 2. The van der Waals surface area contributed by atoms with Crippen LogP contribution in [0.5, 0.6) is 11.6 Å². The molecule has 5 rings (SSSR count). The maximum absolute atomic E-state index is 13.0. The number of hydrogen-bond acceptors (Lipinski definition) is 8. The molecule has 0 aliphatic carbocycles. The quantitative estimate of drug-likeness (QED) is 0.243. The van der Waals surface area contributed by atoms with Crippen molar-refractivity contribution in [3.05, 3.63) is 83.4 Å². The van der Waals surface area contributed by atoms with Gasteiger partial charge in [-0.2, -0.15) is 0 Å². The van der Waals surface area contributed by atoms with Gasteiger partial charge in [0.1, 0.15) is 5.75 Å². The molecule has 0 spiro atoms. The molecule has 1 aliphatic heterocycles. The van der Waals surface area contributed by atoms with Gasteiger partial charge in [0.25, 0.3) is 0 Å². The number of aromatic hydroxyl groups is 1. The molecule has 42 heavy (non-hydrogen) atoms. The number of carbonyl (C=O) groups is 2. The summed E-state index contributed by atoms with van der Waals surface area (Å²) in [5.74, 6) is 0.0911. The van der Waals surface area contributed by atoms with E-state index in [4.69, 9.17) is 14.5 Å². The Balaban J connectivity index is 1.50. The van der Waals surface area contributed by atoms with Crippen molar-refractivity contribution in [2.45, 2.75) is 0 Å². The van der Waals surface area contributed by atoms with Crippen molar-refractivity contribution in [3.8, 4) is 11.6 Å². The second kappa shape index (κ2) is 12.5. The minimum absolute atomic E-state index is 0.0259. The molecular formula is C32H35N5O5. The first-order chi connectivity index (χ1) is 20.3. The number of H-pyrrole nitrogens is 1. The third-order valence-electron chi connectivity index (χ3n) is 7.59. The van der Waals surface area contributed by atoms with Crippen molar-refractivity contribution >= 4 is 39.9 Å². The SMILES string of the molecule is COC(=O)c1ccc2[nH]c(O)c(C(=Nc3ccc(N(C)C(=O)CN4CCN(C)CC4)cc3)c3cccc(OC)c3)c2c1. The molecule has 0 unspecified atom stereocenters. The van der Waals surface area contributed by atoms with E-state index < -0.39 is 5.97 Å².